The number of hydrogen-bond donors (Lipinski definition) is 0. The molecular formula is C16H16BrNO. The molecule has 3 heteroatoms. The fourth-order valence-corrected chi connectivity index (χ4v) is 2.81. The molecule has 0 spiro atoms. The van der Waals surface area contributed by atoms with Crippen molar-refractivity contribution < 1.29 is 4.74 Å². The van der Waals surface area contributed by atoms with Crippen molar-refractivity contribution in [1.29, 1.82) is 0 Å². The highest BCUT2D eigenvalue weighted by Gasteiger charge is 2.33. The van der Waals surface area contributed by atoms with Gasteiger partial charge in [0.15, 0.2) is 0 Å². The second-order valence-corrected chi connectivity index (χ2v) is 5.74. The lowest BCUT2D eigenvalue weighted by Gasteiger charge is -2.23. The van der Waals surface area contributed by atoms with Crippen LogP contribution in [-0.2, 0) is 4.74 Å². The highest BCUT2D eigenvalue weighted by Crippen LogP contribution is 2.37. The molecule has 0 unspecified atom stereocenters. The molecule has 0 N–H and O–H groups in total. The van der Waals surface area contributed by atoms with Crippen LogP contribution in [0.1, 0.15) is 23.4 Å². The van der Waals surface area contributed by atoms with Crippen LogP contribution in [0.3, 0.4) is 0 Å². The summed E-state index contributed by atoms with van der Waals surface area (Å²) in [5.41, 5.74) is 2.51. The molecule has 0 aliphatic carbocycles. The molecule has 2 atom stereocenters. The van der Waals surface area contributed by atoms with Gasteiger partial charge in [-0.2, -0.15) is 0 Å². The van der Waals surface area contributed by atoms with Crippen molar-refractivity contribution in [3.05, 3.63) is 70.2 Å². The first kappa shape index (κ1) is 12.9. The zero-order valence-electron chi connectivity index (χ0n) is 10.8. The first-order valence-corrected chi connectivity index (χ1v) is 7.19. The third-order valence-electron chi connectivity index (χ3n) is 3.61. The first-order chi connectivity index (χ1) is 9.25. The van der Waals surface area contributed by atoms with Gasteiger partial charge in [0.25, 0.3) is 0 Å². The summed E-state index contributed by atoms with van der Waals surface area (Å²) in [4.78, 5) is 2.29. The summed E-state index contributed by atoms with van der Waals surface area (Å²) >= 11 is 3.46. The Kier molecular flexibility index (Phi) is 3.69. The van der Waals surface area contributed by atoms with Crippen molar-refractivity contribution in [3.63, 3.8) is 0 Å². The van der Waals surface area contributed by atoms with Crippen LogP contribution in [0.5, 0.6) is 0 Å². The maximum Gasteiger partial charge on any atom is 0.137 e. The molecule has 2 nitrogen and oxygen atoms in total. The Labute approximate surface area is 122 Å². The van der Waals surface area contributed by atoms with E-state index in [-0.39, 0.29) is 6.23 Å². The summed E-state index contributed by atoms with van der Waals surface area (Å²) in [5.74, 6) is 0. The lowest BCUT2D eigenvalue weighted by atomic mass is 10.1. The predicted octanol–water partition coefficient (Wildman–Crippen LogP) is 4.15. The van der Waals surface area contributed by atoms with Gasteiger partial charge in [-0.15, -0.1) is 0 Å². The van der Waals surface area contributed by atoms with Crippen LogP contribution in [0, 0.1) is 0 Å². The number of nitrogens with zero attached hydrogens (tertiary/aromatic N) is 1. The standard InChI is InChI=1S/C16H16BrNO/c1-18-15(12-5-3-2-4-6-12)11-19-16(18)13-7-9-14(17)10-8-13/h2-10,15-16H,11H2,1H3/t15-,16+/m0/s1. The largest absolute Gasteiger partial charge is 0.357 e. The van der Waals surface area contributed by atoms with E-state index in [4.69, 9.17) is 4.74 Å². The molecule has 0 bridgehead atoms. The predicted molar refractivity (Wildman–Crippen MR) is 79.8 cm³/mol. The molecule has 1 aliphatic heterocycles. The van der Waals surface area contributed by atoms with Gasteiger partial charge in [0.2, 0.25) is 0 Å². The van der Waals surface area contributed by atoms with Crippen molar-refractivity contribution in [1.82, 2.24) is 4.90 Å². The number of likely N-dealkylation sites (N-methyl/N-ethyl adjacent to an activating group) is 1. The average Bonchev–Trinajstić information content (AvgIpc) is 2.83. The molecule has 98 valence electrons. The lowest BCUT2D eigenvalue weighted by molar-refractivity contribution is 0.0433. The van der Waals surface area contributed by atoms with Crippen LogP contribution in [-0.4, -0.2) is 18.6 Å². The van der Waals surface area contributed by atoms with E-state index < -0.39 is 0 Å². The summed E-state index contributed by atoms with van der Waals surface area (Å²) in [6.07, 6.45) is 0.0401. The maximum atomic E-state index is 5.97. The van der Waals surface area contributed by atoms with Gasteiger partial charge >= 0.3 is 0 Å². The average molecular weight is 318 g/mol. The summed E-state index contributed by atoms with van der Waals surface area (Å²) in [7, 11) is 2.12. The van der Waals surface area contributed by atoms with Crippen LogP contribution in [0.2, 0.25) is 0 Å². The number of rotatable bonds is 2. The monoisotopic (exact) mass is 317 g/mol. The molecule has 1 saturated heterocycles. The lowest BCUT2D eigenvalue weighted by Crippen LogP contribution is -2.22. The van der Waals surface area contributed by atoms with Gasteiger partial charge < -0.3 is 4.74 Å². The minimum atomic E-state index is 0.0401. The molecule has 0 amide bonds. The third kappa shape index (κ3) is 2.59. The maximum absolute atomic E-state index is 5.97. The molecular weight excluding hydrogens is 302 g/mol. The number of ether oxygens (including phenoxy) is 1. The topological polar surface area (TPSA) is 12.5 Å². The minimum absolute atomic E-state index is 0.0401. The molecule has 1 heterocycles. The molecule has 0 aromatic heterocycles. The number of halogens is 1. The molecule has 0 radical (unpaired) electrons. The minimum Gasteiger partial charge on any atom is -0.357 e. The van der Waals surface area contributed by atoms with E-state index in [0.29, 0.717) is 6.04 Å². The Bertz CT molecular complexity index is 540. The van der Waals surface area contributed by atoms with Gasteiger partial charge in [0, 0.05) is 4.47 Å². The van der Waals surface area contributed by atoms with E-state index in [2.05, 4.69) is 76.4 Å². The van der Waals surface area contributed by atoms with Gasteiger partial charge in [-0.3, -0.25) is 4.90 Å². The second kappa shape index (κ2) is 5.45. The van der Waals surface area contributed by atoms with Crippen molar-refractivity contribution in [2.75, 3.05) is 13.7 Å². The molecule has 19 heavy (non-hydrogen) atoms. The third-order valence-corrected chi connectivity index (χ3v) is 4.14. The van der Waals surface area contributed by atoms with Crippen LogP contribution >= 0.6 is 15.9 Å². The molecule has 3 rings (SSSR count). The van der Waals surface area contributed by atoms with Crippen molar-refractivity contribution in [3.8, 4) is 0 Å². The molecule has 2 aromatic rings. The smallest absolute Gasteiger partial charge is 0.137 e. The Morgan fingerprint density at radius 1 is 1.00 bits per heavy atom. The Morgan fingerprint density at radius 3 is 2.37 bits per heavy atom. The van der Waals surface area contributed by atoms with E-state index in [1.807, 2.05) is 6.07 Å². The molecule has 1 fully saturated rings. The van der Waals surface area contributed by atoms with E-state index in [9.17, 15) is 0 Å². The van der Waals surface area contributed by atoms with Crippen LogP contribution in [0.15, 0.2) is 59.1 Å². The second-order valence-electron chi connectivity index (χ2n) is 4.83. The van der Waals surface area contributed by atoms with Gasteiger partial charge in [0.05, 0.1) is 12.6 Å². The number of hydrogen-bond acceptors (Lipinski definition) is 2. The fraction of sp³-hybridized carbons (Fsp3) is 0.250. The van der Waals surface area contributed by atoms with Gasteiger partial charge in [0.1, 0.15) is 6.23 Å². The van der Waals surface area contributed by atoms with Crippen LogP contribution in [0.4, 0.5) is 0 Å². The Hall–Kier alpha value is -1.16. The molecule has 0 saturated carbocycles. The summed E-state index contributed by atoms with van der Waals surface area (Å²) in [5, 5.41) is 0. The Morgan fingerprint density at radius 2 is 1.68 bits per heavy atom. The highest BCUT2D eigenvalue weighted by atomic mass is 79.9. The van der Waals surface area contributed by atoms with Crippen molar-refractivity contribution >= 4 is 15.9 Å². The highest BCUT2D eigenvalue weighted by molar-refractivity contribution is 9.10. The van der Waals surface area contributed by atoms with Crippen LogP contribution in [0.25, 0.3) is 0 Å². The van der Waals surface area contributed by atoms with Crippen LogP contribution < -0.4 is 0 Å². The fourth-order valence-electron chi connectivity index (χ4n) is 2.55. The molecule has 1 aliphatic rings. The van der Waals surface area contributed by atoms with Crippen molar-refractivity contribution in [2.45, 2.75) is 12.3 Å². The summed E-state index contributed by atoms with van der Waals surface area (Å²) in [6.45, 7) is 0.737. The van der Waals surface area contributed by atoms with Crippen molar-refractivity contribution in [2.24, 2.45) is 0 Å². The van der Waals surface area contributed by atoms with E-state index in [1.54, 1.807) is 0 Å². The summed E-state index contributed by atoms with van der Waals surface area (Å²) < 4.78 is 7.06. The van der Waals surface area contributed by atoms with Gasteiger partial charge in [-0.05, 0) is 30.3 Å². The number of benzene rings is 2. The Balaban J connectivity index is 1.82. The normalized spacial score (nSPS) is 23.7. The molecule has 2 aromatic carbocycles. The van der Waals surface area contributed by atoms with E-state index >= 15 is 0 Å². The van der Waals surface area contributed by atoms with E-state index in [1.165, 1.54) is 11.1 Å². The van der Waals surface area contributed by atoms with E-state index in [0.717, 1.165) is 11.1 Å². The van der Waals surface area contributed by atoms with Gasteiger partial charge in [-0.25, -0.2) is 0 Å². The quantitative estimate of drug-likeness (QED) is 0.825. The zero-order valence-corrected chi connectivity index (χ0v) is 12.4. The zero-order chi connectivity index (χ0) is 13.2. The SMILES string of the molecule is CN1[C@@H](c2ccc(Br)cc2)OC[C@H]1c1ccccc1. The summed E-state index contributed by atoms with van der Waals surface area (Å²) in [6, 6.07) is 19.2. The van der Waals surface area contributed by atoms with Gasteiger partial charge in [-0.1, -0.05) is 58.4 Å². The first-order valence-electron chi connectivity index (χ1n) is 6.39.